The van der Waals surface area contributed by atoms with Crippen molar-refractivity contribution >= 4 is 21.7 Å². The van der Waals surface area contributed by atoms with E-state index in [1.165, 1.54) is 29.5 Å². The van der Waals surface area contributed by atoms with Gasteiger partial charge in [0.1, 0.15) is 5.82 Å². The molecule has 6 heteroatoms. The molecule has 0 spiro atoms. The number of nitrogens with zero attached hydrogens (tertiary/aromatic N) is 2. The van der Waals surface area contributed by atoms with E-state index < -0.39 is 10.8 Å². The van der Waals surface area contributed by atoms with Gasteiger partial charge >= 0.3 is 0 Å². The van der Waals surface area contributed by atoms with Gasteiger partial charge < -0.3 is 9.88 Å². The molecule has 2 unspecified atom stereocenters. The molecule has 2 atom stereocenters. The molecule has 0 amide bonds. The monoisotopic (exact) mass is 399 g/mol. The molecule has 3 heterocycles. The Balaban J connectivity index is 1.90. The SMILES string of the molecule is Cc1cncc2c1c(CC1CCNC1)cn2-c1ccc(F)cc1S(=O)C(C)C. The van der Waals surface area contributed by atoms with Crippen molar-refractivity contribution in [3.05, 3.63) is 53.7 Å². The van der Waals surface area contributed by atoms with Crippen LogP contribution < -0.4 is 5.32 Å². The fourth-order valence-corrected chi connectivity index (χ4v) is 5.21. The maximum atomic E-state index is 14.0. The van der Waals surface area contributed by atoms with E-state index in [9.17, 15) is 8.60 Å². The standard InChI is InChI=1S/C22H26FN3OS/c1-14(2)28(27)21-9-18(23)4-5-19(21)26-13-17(8-16-6-7-24-11-16)22-15(3)10-25-12-20(22)26/h4-5,9-10,12-14,16,24H,6-8,11H2,1-3H3. The zero-order valence-electron chi connectivity index (χ0n) is 16.5. The Kier molecular flexibility index (Phi) is 5.34. The first-order valence-electron chi connectivity index (χ1n) is 9.81. The number of aromatic nitrogens is 2. The van der Waals surface area contributed by atoms with E-state index in [2.05, 4.69) is 23.4 Å². The third-order valence-corrected chi connectivity index (χ3v) is 7.10. The number of hydrogen-bond acceptors (Lipinski definition) is 3. The third kappa shape index (κ3) is 3.51. The first-order valence-corrected chi connectivity index (χ1v) is 11.0. The highest BCUT2D eigenvalue weighted by Gasteiger charge is 2.22. The summed E-state index contributed by atoms with van der Waals surface area (Å²) in [7, 11) is -1.29. The molecular weight excluding hydrogens is 373 g/mol. The van der Waals surface area contributed by atoms with Crippen molar-refractivity contribution in [2.24, 2.45) is 5.92 Å². The number of fused-ring (bicyclic) bond motifs is 1. The molecule has 1 aromatic carbocycles. The second kappa shape index (κ2) is 7.76. The summed E-state index contributed by atoms with van der Waals surface area (Å²) in [6, 6.07) is 4.57. The van der Waals surface area contributed by atoms with E-state index in [4.69, 9.17) is 0 Å². The van der Waals surface area contributed by atoms with Crippen LogP contribution in [0.4, 0.5) is 4.39 Å². The maximum Gasteiger partial charge on any atom is 0.124 e. The number of halogens is 1. The fourth-order valence-electron chi connectivity index (χ4n) is 4.10. The molecule has 4 nitrogen and oxygen atoms in total. The second-order valence-electron chi connectivity index (χ2n) is 7.90. The number of aryl methyl sites for hydroxylation is 1. The lowest BCUT2D eigenvalue weighted by Gasteiger charge is -2.14. The molecule has 1 N–H and O–H groups in total. The van der Waals surface area contributed by atoms with Crippen molar-refractivity contribution in [2.45, 2.75) is 43.8 Å². The summed E-state index contributed by atoms with van der Waals surface area (Å²) >= 11 is 0. The van der Waals surface area contributed by atoms with Crippen molar-refractivity contribution < 1.29 is 8.60 Å². The Hall–Kier alpha value is -2.05. The number of rotatable bonds is 5. The summed E-state index contributed by atoms with van der Waals surface area (Å²) < 4.78 is 28.9. The van der Waals surface area contributed by atoms with Crippen LogP contribution in [0.25, 0.3) is 16.6 Å². The summed E-state index contributed by atoms with van der Waals surface area (Å²) in [5.41, 5.74) is 4.15. The average Bonchev–Trinajstić information content (AvgIpc) is 3.30. The second-order valence-corrected chi connectivity index (χ2v) is 9.87. The van der Waals surface area contributed by atoms with Crippen LogP contribution in [0.2, 0.25) is 0 Å². The van der Waals surface area contributed by atoms with Crippen LogP contribution in [-0.2, 0) is 17.2 Å². The maximum absolute atomic E-state index is 14.0. The van der Waals surface area contributed by atoms with Gasteiger partial charge in [0.05, 0.1) is 33.1 Å². The Morgan fingerprint density at radius 3 is 2.89 bits per heavy atom. The van der Waals surface area contributed by atoms with Crippen molar-refractivity contribution in [3.63, 3.8) is 0 Å². The lowest BCUT2D eigenvalue weighted by atomic mass is 9.97. The van der Waals surface area contributed by atoms with Gasteiger partial charge in [-0.2, -0.15) is 0 Å². The molecule has 3 aromatic rings. The van der Waals surface area contributed by atoms with E-state index in [0.29, 0.717) is 10.8 Å². The van der Waals surface area contributed by atoms with Crippen LogP contribution in [0.1, 0.15) is 31.4 Å². The molecule has 0 saturated carbocycles. The van der Waals surface area contributed by atoms with Gasteiger partial charge in [0.15, 0.2) is 0 Å². The molecule has 0 bridgehead atoms. The topological polar surface area (TPSA) is 46.9 Å². The van der Waals surface area contributed by atoms with E-state index in [-0.39, 0.29) is 11.1 Å². The lowest BCUT2D eigenvalue weighted by molar-refractivity contribution is 0.582. The average molecular weight is 400 g/mol. The van der Waals surface area contributed by atoms with E-state index >= 15 is 0 Å². The van der Waals surface area contributed by atoms with E-state index in [1.54, 1.807) is 6.07 Å². The van der Waals surface area contributed by atoms with Crippen molar-refractivity contribution in [3.8, 4) is 5.69 Å². The molecule has 1 aliphatic heterocycles. The summed E-state index contributed by atoms with van der Waals surface area (Å²) in [5.74, 6) is 0.250. The van der Waals surface area contributed by atoms with Crippen LogP contribution in [0.15, 0.2) is 41.7 Å². The first-order chi connectivity index (χ1) is 13.5. The van der Waals surface area contributed by atoms with Crippen molar-refractivity contribution in [2.75, 3.05) is 13.1 Å². The molecule has 0 aliphatic carbocycles. The summed E-state index contributed by atoms with van der Waals surface area (Å²) in [5, 5.41) is 4.55. The molecule has 2 aromatic heterocycles. The van der Waals surface area contributed by atoms with Crippen LogP contribution >= 0.6 is 0 Å². The predicted octanol–water partition coefficient (Wildman–Crippen LogP) is 4.14. The van der Waals surface area contributed by atoms with Gasteiger partial charge in [-0.3, -0.25) is 9.19 Å². The largest absolute Gasteiger partial charge is 0.316 e. The highest BCUT2D eigenvalue weighted by atomic mass is 32.2. The summed E-state index contributed by atoms with van der Waals surface area (Å²) in [6.07, 6.45) is 8.04. The number of benzene rings is 1. The molecule has 1 saturated heterocycles. The Morgan fingerprint density at radius 2 is 2.18 bits per heavy atom. The van der Waals surface area contributed by atoms with Gasteiger partial charge in [-0.15, -0.1) is 0 Å². The normalized spacial score (nSPS) is 18.2. The molecule has 148 valence electrons. The summed E-state index contributed by atoms with van der Waals surface area (Å²) in [4.78, 5) is 4.92. The van der Waals surface area contributed by atoms with Gasteiger partial charge in [0.2, 0.25) is 0 Å². The van der Waals surface area contributed by atoms with Crippen LogP contribution in [0, 0.1) is 18.7 Å². The van der Waals surface area contributed by atoms with E-state index in [0.717, 1.165) is 36.3 Å². The number of hydrogen-bond donors (Lipinski definition) is 1. The van der Waals surface area contributed by atoms with Crippen LogP contribution in [0.3, 0.4) is 0 Å². The number of nitrogens with one attached hydrogen (secondary N) is 1. The van der Waals surface area contributed by atoms with Crippen LogP contribution in [-0.4, -0.2) is 32.1 Å². The predicted molar refractivity (Wildman–Crippen MR) is 112 cm³/mol. The molecule has 28 heavy (non-hydrogen) atoms. The molecule has 4 rings (SSSR count). The van der Waals surface area contributed by atoms with Crippen molar-refractivity contribution in [1.82, 2.24) is 14.9 Å². The Labute approximate surface area is 167 Å². The number of pyridine rings is 1. The zero-order chi connectivity index (χ0) is 19.8. The van der Waals surface area contributed by atoms with Gasteiger partial charge in [-0.1, -0.05) is 13.8 Å². The molecular formula is C22H26FN3OS. The highest BCUT2D eigenvalue weighted by molar-refractivity contribution is 7.85. The minimum Gasteiger partial charge on any atom is -0.316 e. The highest BCUT2D eigenvalue weighted by Crippen LogP contribution is 2.32. The summed E-state index contributed by atoms with van der Waals surface area (Å²) in [6.45, 7) is 7.97. The smallest absolute Gasteiger partial charge is 0.124 e. The lowest BCUT2D eigenvalue weighted by Crippen LogP contribution is -2.11. The molecule has 0 radical (unpaired) electrons. The zero-order valence-corrected chi connectivity index (χ0v) is 17.4. The minimum absolute atomic E-state index is 0.0914. The van der Waals surface area contributed by atoms with Gasteiger partial charge in [0.25, 0.3) is 0 Å². The quantitative estimate of drug-likeness (QED) is 0.701. The van der Waals surface area contributed by atoms with E-state index in [1.807, 2.05) is 30.8 Å². The molecule has 1 fully saturated rings. The minimum atomic E-state index is -1.29. The Bertz CT molecular complexity index is 1040. The fraction of sp³-hybridized carbons (Fsp3) is 0.409. The van der Waals surface area contributed by atoms with Gasteiger partial charge in [-0.25, -0.2) is 4.39 Å². The Morgan fingerprint density at radius 1 is 1.36 bits per heavy atom. The third-order valence-electron chi connectivity index (χ3n) is 5.48. The van der Waals surface area contributed by atoms with Gasteiger partial charge in [-0.05, 0) is 68.1 Å². The first kappa shape index (κ1) is 19.3. The van der Waals surface area contributed by atoms with Gasteiger partial charge in [0, 0.05) is 23.0 Å². The molecule has 1 aliphatic rings. The van der Waals surface area contributed by atoms with Crippen molar-refractivity contribution in [1.29, 1.82) is 0 Å². The van der Waals surface area contributed by atoms with Crippen LogP contribution in [0.5, 0.6) is 0 Å².